The van der Waals surface area contributed by atoms with Gasteiger partial charge in [-0.05, 0) is 43.0 Å². The van der Waals surface area contributed by atoms with Crippen LogP contribution >= 0.6 is 0 Å². The SMILES string of the molecule is [2H]C([2H])(Oc1nc(N2CCOC[C@H]3[C@H](F)[C@H]32)c2c(=O)[nH]c(-c3cc(N)cc4ccc(F)c(C#C)c34)c(F)c2n1)[C@@]12CCCN1C[C@H](F)C2. The summed E-state index contributed by atoms with van der Waals surface area (Å²) >= 11 is 0. The number of anilines is 2. The number of nitrogens with zero attached hydrogens (tertiary/aromatic N) is 4. The van der Waals surface area contributed by atoms with Crippen molar-refractivity contribution in [1.29, 1.82) is 0 Å². The summed E-state index contributed by atoms with van der Waals surface area (Å²) in [5.41, 5.74) is 2.99. The minimum Gasteiger partial charge on any atom is -0.461 e. The van der Waals surface area contributed by atoms with Gasteiger partial charge in [0.05, 0.1) is 38.8 Å². The Labute approximate surface area is 263 Å². The lowest BCUT2D eigenvalue weighted by molar-refractivity contribution is 0.107. The molecule has 46 heavy (non-hydrogen) atoms. The zero-order chi connectivity index (χ0) is 33.7. The van der Waals surface area contributed by atoms with E-state index in [9.17, 15) is 18.0 Å². The molecule has 0 unspecified atom stereocenters. The molecule has 4 fully saturated rings. The van der Waals surface area contributed by atoms with E-state index in [1.165, 1.54) is 23.1 Å². The number of fused-ring (bicyclic) bond motifs is 4. The number of halogens is 4. The van der Waals surface area contributed by atoms with Crippen molar-refractivity contribution < 1.29 is 29.8 Å². The summed E-state index contributed by atoms with van der Waals surface area (Å²) in [6, 6.07) is 4.11. The van der Waals surface area contributed by atoms with Crippen molar-refractivity contribution >= 4 is 33.2 Å². The van der Waals surface area contributed by atoms with E-state index in [2.05, 4.69) is 20.9 Å². The predicted octanol–water partition coefficient (Wildman–Crippen LogP) is 4.11. The molecule has 0 bridgehead atoms. The van der Waals surface area contributed by atoms with Gasteiger partial charge in [-0.2, -0.15) is 9.97 Å². The van der Waals surface area contributed by atoms with Gasteiger partial charge in [-0.3, -0.25) is 9.69 Å². The molecule has 9 nitrogen and oxygen atoms in total. The summed E-state index contributed by atoms with van der Waals surface area (Å²) in [6.07, 6.45) is 3.88. The van der Waals surface area contributed by atoms with Gasteiger partial charge in [0.25, 0.3) is 5.56 Å². The number of hydrogen-bond donors (Lipinski definition) is 2. The Kier molecular flexibility index (Phi) is 6.15. The maximum Gasteiger partial charge on any atom is 0.319 e. The van der Waals surface area contributed by atoms with E-state index in [0.29, 0.717) is 24.8 Å². The van der Waals surface area contributed by atoms with E-state index in [1.807, 2.05) is 0 Å². The number of ether oxygens (including phenoxy) is 2. The van der Waals surface area contributed by atoms with Crippen molar-refractivity contribution in [3.8, 4) is 29.6 Å². The molecule has 0 radical (unpaired) electrons. The van der Waals surface area contributed by atoms with Gasteiger partial charge in [0.1, 0.15) is 41.4 Å². The fourth-order valence-electron chi connectivity index (χ4n) is 7.47. The quantitative estimate of drug-likeness (QED) is 0.192. The molecular weight excluding hydrogens is 604 g/mol. The Bertz CT molecular complexity index is 2110. The average Bonchev–Trinajstić information content (AvgIpc) is 3.40. The first-order chi connectivity index (χ1) is 22.9. The maximum atomic E-state index is 16.9. The maximum absolute atomic E-state index is 16.9. The molecule has 3 aliphatic heterocycles. The Morgan fingerprint density at radius 3 is 2.91 bits per heavy atom. The highest BCUT2D eigenvalue weighted by molar-refractivity contribution is 6.03. The summed E-state index contributed by atoms with van der Waals surface area (Å²) in [5.74, 6) is -0.217. The molecule has 2 aromatic heterocycles. The fourth-order valence-corrected chi connectivity index (χ4v) is 7.47. The van der Waals surface area contributed by atoms with Gasteiger partial charge < -0.3 is 25.1 Å². The molecule has 3 saturated heterocycles. The molecule has 4 aromatic rings. The number of rotatable bonds is 5. The van der Waals surface area contributed by atoms with Crippen LogP contribution in [0.5, 0.6) is 6.01 Å². The Balaban J connectivity index is 1.36. The molecule has 5 heterocycles. The average molecular weight is 637 g/mol. The van der Waals surface area contributed by atoms with Crippen LogP contribution < -0.4 is 20.9 Å². The third kappa shape index (κ3) is 4.41. The molecular formula is C33H30F4N6O3. The van der Waals surface area contributed by atoms with Gasteiger partial charge >= 0.3 is 6.01 Å². The minimum absolute atomic E-state index is 0.0124. The number of aromatic amines is 1. The molecule has 238 valence electrons. The summed E-state index contributed by atoms with van der Waals surface area (Å²) in [4.78, 5) is 28.3. The number of alkyl halides is 2. The fraction of sp³-hybridized carbons (Fsp3) is 0.424. The largest absolute Gasteiger partial charge is 0.461 e. The number of nitrogens with one attached hydrogen (secondary N) is 1. The lowest BCUT2D eigenvalue weighted by Gasteiger charge is -2.31. The molecule has 3 N–H and O–H groups in total. The Morgan fingerprint density at radius 1 is 1.24 bits per heavy atom. The van der Waals surface area contributed by atoms with E-state index in [4.69, 9.17) is 24.4 Å². The topological polar surface area (TPSA) is 110 Å². The van der Waals surface area contributed by atoms with Crippen molar-refractivity contribution in [2.45, 2.75) is 43.2 Å². The van der Waals surface area contributed by atoms with Crippen LogP contribution in [0.4, 0.5) is 29.1 Å². The molecule has 1 saturated carbocycles. The van der Waals surface area contributed by atoms with Gasteiger partial charge in [0, 0.05) is 42.1 Å². The van der Waals surface area contributed by atoms with Crippen molar-refractivity contribution in [2.75, 3.05) is 50.0 Å². The highest BCUT2D eigenvalue weighted by atomic mass is 19.1. The normalized spacial score (nSPS) is 28.4. The highest BCUT2D eigenvalue weighted by Crippen LogP contribution is 2.45. The number of hydrogen-bond acceptors (Lipinski definition) is 8. The van der Waals surface area contributed by atoms with Crippen LogP contribution in [-0.4, -0.2) is 83.2 Å². The number of pyridine rings is 1. The number of benzene rings is 2. The number of terminal acetylenes is 1. The Hall–Kier alpha value is -4.41. The van der Waals surface area contributed by atoms with Gasteiger partial charge in [-0.15, -0.1) is 6.42 Å². The molecule has 4 aliphatic rings. The number of nitrogen functional groups attached to an aromatic ring is 1. The van der Waals surface area contributed by atoms with Crippen LogP contribution in [0.15, 0.2) is 29.1 Å². The third-order valence-corrected chi connectivity index (χ3v) is 9.65. The van der Waals surface area contributed by atoms with E-state index in [1.54, 1.807) is 4.90 Å². The molecule has 13 heteroatoms. The van der Waals surface area contributed by atoms with E-state index < -0.39 is 70.8 Å². The second-order valence-electron chi connectivity index (χ2n) is 12.4. The Morgan fingerprint density at radius 2 is 2.09 bits per heavy atom. The first-order valence-corrected chi connectivity index (χ1v) is 15.1. The molecule has 0 spiro atoms. The zero-order valence-electron chi connectivity index (χ0n) is 26.5. The van der Waals surface area contributed by atoms with Gasteiger partial charge in [-0.1, -0.05) is 12.0 Å². The van der Waals surface area contributed by atoms with Crippen molar-refractivity contribution in [2.24, 2.45) is 5.92 Å². The standard InChI is InChI=1S/C33H30F4N6O3/c1-2-19-22(35)5-4-16-10-18(38)11-20(23(16)19)27-26(37)28-24(31(44)39-27)30(43-8-9-45-14-21-25(36)29(21)43)41-32(40-28)46-15-33-6-3-7-42(33)13-17(34)12-33/h1,4-5,10-11,17,21,25,29H,3,6-9,12-15,38H2,(H,39,44)/t17-,21+,25+,29+,33+/m1/s1/i15D2. The number of nitrogens with two attached hydrogens (primary N) is 1. The molecule has 1 aliphatic carbocycles. The smallest absolute Gasteiger partial charge is 0.319 e. The summed E-state index contributed by atoms with van der Waals surface area (Å²) < 4.78 is 90.8. The van der Waals surface area contributed by atoms with Crippen LogP contribution in [0.25, 0.3) is 32.9 Å². The van der Waals surface area contributed by atoms with E-state index >= 15 is 4.39 Å². The second kappa shape index (κ2) is 10.6. The third-order valence-electron chi connectivity index (χ3n) is 9.65. The summed E-state index contributed by atoms with van der Waals surface area (Å²) in [6.45, 7) is -1.62. The lowest BCUT2D eigenvalue weighted by atomic mass is 9.95. The van der Waals surface area contributed by atoms with Crippen molar-refractivity contribution in [3.63, 3.8) is 0 Å². The van der Waals surface area contributed by atoms with Gasteiger partial charge in [-0.25, -0.2) is 17.6 Å². The van der Waals surface area contributed by atoms with Crippen LogP contribution in [-0.2, 0) is 4.74 Å². The van der Waals surface area contributed by atoms with Crippen LogP contribution in [0, 0.1) is 29.9 Å². The summed E-state index contributed by atoms with van der Waals surface area (Å²) in [5, 5.41) is 0.184. The monoisotopic (exact) mass is 636 g/mol. The minimum atomic E-state index is -2.54. The van der Waals surface area contributed by atoms with Crippen molar-refractivity contribution in [3.05, 3.63) is 51.8 Å². The first kappa shape index (κ1) is 26.8. The predicted molar refractivity (Wildman–Crippen MR) is 164 cm³/mol. The van der Waals surface area contributed by atoms with Crippen LogP contribution in [0.1, 0.15) is 27.6 Å². The van der Waals surface area contributed by atoms with Crippen molar-refractivity contribution in [1.82, 2.24) is 19.9 Å². The van der Waals surface area contributed by atoms with Crippen LogP contribution in [0.2, 0.25) is 0 Å². The zero-order valence-corrected chi connectivity index (χ0v) is 24.5. The lowest BCUT2D eigenvalue weighted by Crippen LogP contribution is -2.43. The molecule has 8 rings (SSSR count). The van der Waals surface area contributed by atoms with E-state index in [0.717, 1.165) is 6.07 Å². The second-order valence-corrected chi connectivity index (χ2v) is 12.4. The summed E-state index contributed by atoms with van der Waals surface area (Å²) in [7, 11) is 0. The first-order valence-electron chi connectivity index (χ1n) is 16.1. The number of aromatic nitrogens is 3. The molecule has 5 atom stereocenters. The van der Waals surface area contributed by atoms with Gasteiger partial charge in [0.15, 0.2) is 5.82 Å². The highest BCUT2D eigenvalue weighted by Gasteiger charge is 2.56. The number of H-pyrrole nitrogens is 1. The molecule has 2 aromatic carbocycles. The van der Waals surface area contributed by atoms with E-state index in [-0.39, 0.29) is 66.1 Å². The van der Waals surface area contributed by atoms with Crippen LogP contribution in [0.3, 0.4) is 0 Å². The molecule has 0 amide bonds. The van der Waals surface area contributed by atoms with Gasteiger partial charge in [0.2, 0.25) is 0 Å².